The molecule has 0 aromatic heterocycles. The van der Waals surface area contributed by atoms with E-state index >= 15 is 0 Å². The van der Waals surface area contributed by atoms with Gasteiger partial charge in [0.15, 0.2) is 5.11 Å². The molecule has 0 spiro atoms. The second kappa shape index (κ2) is 4.19. The summed E-state index contributed by atoms with van der Waals surface area (Å²) < 4.78 is 0. The van der Waals surface area contributed by atoms with Crippen molar-refractivity contribution in [1.82, 2.24) is 11.1 Å². The number of nitrogens with two attached hydrogens (primary N) is 1. The predicted molar refractivity (Wildman–Crippen MR) is 64.3 cm³/mol. The van der Waals surface area contributed by atoms with Crippen LogP contribution < -0.4 is 27.6 Å². The van der Waals surface area contributed by atoms with Crippen molar-refractivity contribution in [3.8, 4) is 0 Å². The second-order valence-electron chi connectivity index (χ2n) is 2.73. The summed E-state index contributed by atoms with van der Waals surface area (Å²) in [5, 5.41) is 6.00. The Kier molecular flexibility index (Phi) is 3.19. The smallest absolute Gasteiger partial charge is 0.170 e. The quantitative estimate of drug-likeness (QED) is 0.340. The van der Waals surface area contributed by atoms with Gasteiger partial charge in [0.05, 0.1) is 11.4 Å². The van der Waals surface area contributed by atoms with Crippen molar-refractivity contribution in [3.05, 3.63) is 12.1 Å². The van der Waals surface area contributed by atoms with Crippen molar-refractivity contribution in [2.75, 3.05) is 18.1 Å². The van der Waals surface area contributed by atoms with Crippen LogP contribution in [0.25, 0.3) is 0 Å². The van der Waals surface area contributed by atoms with Gasteiger partial charge in [0.25, 0.3) is 0 Å². The first kappa shape index (κ1) is 10.7. The van der Waals surface area contributed by atoms with Crippen LogP contribution in [0.15, 0.2) is 12.1 Å². The molecule has 71 valence electrons. The highest BCUT2D eigenvalue weighted by molar-refractivity contribution is 7.80. The van der Waals surface area contributed by atoms with Gasteiger partial charge in [-0.15, -0.1) is 0 Å². The minimum absolute atomic E-state index is 0.259. The van der Waals surface area contributed by atoms with Crippen LogP contribution in [0.5, 0.6) is 0 Å². The lowest BCUT2D eigenvalue weighted by Crippen LogP contribution is -2.25. The van der Waals surface area contributed by atoms with Crippen LogP contribution in [0.3, 0.4) is 0 Å². The number of nitrogens with one attached hydrogen (secondary N) is 3. The lowest BCUT2D eigenvalue weighted by Gasteiger charge is -2.11. The van der Waals surface area contributed by atoms with Gasteiger partial charge in [-0.25, -0.2) is 0 Å². The third-order valence-electron chi connectivity index (χ3n) is 1.70. The fourth-order valence-corrected chi connectivity index (χ4v) is 1.03. The van der Waals surface area contributed by atoms with E-state index in [1.807, 2.05) is 0 Å². The zero-order valence-electron chi connectivity index (χ0n) is 7.72. The Morgan fingerprint density at radius 2 is 2.21 bits per heavy atom. The van der Waals surface area contributed by atoms with Gasteiger partial charge in [0.1, 0.15) is 7.85 Å². The third-order valence-corrected chi connectivity index (χ3v) is 2.00. The summed E-state index contributed by atoms with van der Waals surface area (Å²) in [6, 6.07) is 3.07. The van der Waals surface area contributed by atoms with Crippen LogP contribution in [0.4, 0.5) is 17.1 Å². The molecule has 4 nitrogen and oxygen atoms in total. The molecule has 0 aliphatic heterocycles. The van der Waals surface area contributed by atoms with E-state index in [0.717, 1.165) is 0 Å². The minimum Gasteiger partial charge on any atom is -0.399 e. The van der Waals surface area contributed by atoms with Gasteiger partial charge >= 0.3 is 0 Å². The van der Waals surface area contributed by atoms with E-state index in [1.165, 1.54) is 6.07 Å². The normalized spacial score (nSPS) is 9.50. The first-order valence-electron chi connectivity index (χ1n) is 3.94. The van der Waals surface area contributed by atoms with Crippen molar-refractivity contribution < 1.29 is 0 Å². The fraction of sp³-hybridized carbons (Fsp3) is 0.125. The van der Waals surface area contributed by atoms with Crippen LogP contribution in [-0.4, -0.2) is 20.0 Å². The van der Waals surface area contributed by atoms with Crippen LogP contribution in [0.2, 0.25) is 0 Å². The largest absolute Gasteiger partial charge is 0.399 e. The molecule has 6 heteroatoms. The standard InChI is InChI=1S/C8H10BN4S/c1-12-8(14)13-7-2-4(9)5(10)3-6(7)11/h2-3,11H,10H2,1H3,(H2,12,13,14). The highest BCUT2D eigenvalue weighted by Gasteiger charge is 2.03. The SMILES string of the molecule is [B]c1cc(NC(=S)NC)c([NH])cc1N. The highest BCUT2D eigenvalue weighted by atomic mass is 32.1. The Bertz CT molecular complexity index is 367. The summed E-state index contributed by atoms with van der Waals surface area (Å²) in [5.74, 6) is 0. The van der Waals surface area contributed by atoms with Crippen LogP contribution >= 0.6 is 12.2 Å². The molecule has 0 saturated carbocycles. The number of hydrogen-bond donors (Lipinski definition) is 3. The van der Waals surface area contributed by atoms with Gasteiger partial charge in [0.2, 0.25) is 0 Å². The molecule has 0 heterocycles. The lowest BCUT2D eigenvalue weighted by molar-refractivity contribution is 1.20. The lowest BCUT2D eigenvalue weighted by atomic mass is 9.93. The van der Waals surface area contributed by atoms with E-state index in [-0.39, 0.29) is 5.69 Å². The summed E-state index contributed by atoms with van der Waals surface area (Å²) in [4.78, 5) is 0. The Hall–Kier alpha value is -1.43. The van der Waals surface area contributed by atoms with E-state index in [4.69, 9.17) is 31.5 Å². The molecule has 5 N–H and O–H groups in total. The van der Waals surface area contributed by atoms with Gasteiger partial charge in [-0.2, -0.15) is 0 Å². The maximum atomic E-state index is 7.59. The van der Waals surface area contributed by atoms with Crippen molar-refractivity contribution in [2.24, 2.45) is 0 Å². The van der Waals surface area contributed by atoms with E-state index in [1.54, 1.807) is 13.1 Å². The summed E-state index contributed by atoms with van der Waals surface area (Å²) >= 11 is 4.90. The highest BCUT2D eigenvalue weighted by Crippen LogP contribution is 2.20. The first-order chi connectivity index (χ1) is 6.54. The predicted octanol–water partition coefficient (Wildman–Crippen LogP) is -0.107. The monoisotopic (exact) mass is 205 g/mol. The molecule has 0 saturated heterocycles. The summed E-state index contributed by atoms with van der Waals surface area (Å²) in [6.45, 7) is 0. The summed E-state index contributed by atoms with van der Waals surface area (Å²) in [6.07, 6.45) is 0. The second-order valence-corrected chi connectivity index (χ2v) is 3.14. The van der Waals surface area contributed by atoms with Gasteiger partial charge < -0.3 is 16.4 Å². The van der Waals surface area contributed by atoms with Crippen molar-refractivity contribution in [1.29, 1.82) is 0 Å². The number of thiocarbonyl (C=S) groups is 1. The minimum atomic E-state index is 0.259. The maximum Gasteiger partial charge on any atom is 0.170 e. The van der Waals surface area contributed by atoms with E-state index < -0.39 is 0 Å². The molecule has 1 aromatic rings. The number of benzene rings is 1. The maximum absolute atomic E-state index is 7.59. The number of rotatable bonds is 1. The molecule has 0 aliphatic rings. The molecule has 1 aromatic carbocycles. The number of hydrogen-bond acceptors (Lipinski definition) is 2. The molecule has 0 atom stereocenters. The zero-order valence-corrected chi connectivity index (χ0v) is 8.53. The Balaban J connectivity index is 2.98. The van der Waals surface area contributed by atoms with Gasteiger partial charge in [-0.3, -0.25) is 5.73 Å². The van der Waals surface area contributed by atoms with E-state index in [0.29, 0.717) is 22.0 Å². The van der Waals surface area contributed by atoms with Crippen LogP contribution in [-0.2, 0) is 0 Å². The Labute approximate surface area is 89.5 Å². The van der Waals surface area contributed by atoms with Gasteiger partial charge in [0, 0.05) is 12.7 Å². The van der Waals surface area contributed by atoms with Gasteiger partial charge in [-0.05, 0) is 24.4 Å². The summed E-state index contributed by atoms with van der Waals surface area (Å²) in [5.41, 5.74) is 14.8. The van der Waals surface area contributed by atoms with Crippen molar-refractivity contribution in [2.45, 2.75) is 0 Å². The van der Waals surface area contributed by atoms with Crippen molar-refractivity contribution in [3.63, 3.8) is 0 Å². The Morgan fingerprint density at radius 3 is 2.79 bits per heavy atom. The number of anilines is 2. The molecular formula is C8H10BN4S. The van der Waals surface area contributed by atoms with Crippen molar-refractivity contribution >= 4 is 47.7 Å². The van der Waals surface area contributed by atoms with Gasteiger partial charge in [-0.1, -0.05) is 5.46 Å². The number of nitrogen functional groups attached to an aromatic ring is 1. The molecule has 3 radical (unpaired) electrons. The molecular weight excluding hydrogens is 195 g/mol. The fourth-order valence-electron chi connectivity index (χ4n) is 0.921. The molecule has 0 aliphatic carbocycles. The molecule has 0 fully saturated rings. The molecule has 1 rings (SSSR count). The molecule has 0 unspecified atom stereocenters. The topological polar surface area (TPSA) is 73.9 Å². The van der Waals surface area contributed by atoms with Crippen LogP contribution in [0.1, 0.15) is 0 Å². The molecule has 14 heavy (non-hydrogen) atoms. The first-order valence-corrected chi connectivity index (χ1v) is 4.34. The van der Waals surface area contributed by atoms with E-state index in [2.05, 4.69) is 10.6 Å². The zero-order chi connectivity index (χ0) is 10.7. The van der Waals surface area contributed by atoms with Crippen LogP contribution in [0, 0.1) is 0 Å². The average Bonchev–Trinajstić information content (AvgIpc) is 2.14. The van der Waals surface area contributed by atoms with E-state index in [9.17, 15) is 0 Å². The average molecular weight is 205 g/mol. The Morgan fingerprint density at radius 1 is 1.57 bits per heavy atom. The molecule has 0 amide bonds. The summed E-state index contributed by atoms with van der Waals surface area (Å²) in [7, 11) is 7.29. The molecule has 0 bridgehead atoms. The third kappa shape index (κ3) is 2.29.